The summed E-state index contributed by atoms with van der Waals surface area (Å²) in [5, 5.41) is 5.65. The minimum absolute atomic E-state index is 0.135. The van der Waals surface area contributed by atoms with E-state index in [4.69, 9.17) is 0 Å². The lowest BCUT2D eigenvalue weighted by Gasteiger charge is -2.34. The highest BCUT2D eigenvalue weighted by atomic mass is 16.2. The number of anilines is 2. The molecule has 0 radical (unpaired) electrons. The SMILES string of the molecule is CC(NC(=O)CC(=O)Nc1ccc(N2CCN(C)CC2)cc1)c1ccccc1. The Hall–Kier alpha value is -2.86. The fourth-order valence-electron chi connectivity index (χ4n) is 3.29. The smallest absolute Gasteiger partial charge is 0.233 e. The van der Waals surface area contributed by atoms with Gasteiger partial charge in [-0.15, -0.1) is 0 Å². The third kappa shape index (κ3) is 5.57. The number of likely N-dealkylation sites (N-methyl/N-ethyl adjacent to an activating group) is 1. The summed E-state index contributed by atoms with van der Waals surface area (Å²) in [5.74, 6) is -0.604. The summed E-state index contributed by atoms with van der Waals surface area (Å²) in [6, 6.07) is 17.3. The van der Waals surface area contributed by atoms with Gasteiger partial charge in [-0.25, -0.2) is 0 Å². The summed E-state index contributed by atoms with van der Waals surface area (Å²) in [7, 11) is 2.13. The number of piperazine rings is 1. The van der Waals surface area contributed by atoms with E-state index in [0.29, 0.717) is 5.69 Å². The number of amides is 2. The summed E-state index contributed by atoms with van der Waals surface area (Å²) in [6.45, 7) is 6.01. The molecule has 2 amide bonds. The Kier molecular flexibility index (Phi) is 6.66. The summed E-state index contributed by atoms with van der Waals surface area (Å²) in [6.07, 6.45) is -0.197. The van der Waals surface area contributed by atoms with Crippen molar-refractivity contribution in [2.75, 3.05) is 43.4 Å². The Labute approximate surface area is 166 Å². The van der Waals surface area contributed by atoms with E-state index in [0.717, 1.165) is 37.4 Å². The van der Waals surface area contributed by atoms with Gasteiger partial charge >= 0.3 is 0 Å². The normalized spacial score (nSPS) is 15.7. The van der Waals surface area contributed by atoms with Crippen molar-refractivity contribution in [2.24, 2.45) is 0 Å². The molecule has 0 spiro atoms. The van der Waals surface area contributed by atoms with Gasteiger partial charge < -0.3 is 20.4 Å². The second kappa shape index (κ2) is 9.37. The Morgan fingerprint density at radius 2 is 1.57 bits per heavy atom. The molecule has 0 aliphatic carbocycles. The lowest BCUT2D eigenvalue weighted by Crippen LogP contribution is -2.44. The zero-order valence-corrected chi connectivity index (χ0v) is 16.5. The molecule has 1 aliphatic rings. The molecule has 2 aromatic carbocycles. The van der Waals surface area contributed by atoms with E-state index in [1.165, 1.54) is 0 Å². The van der Waals surface area contributed by atoms with Crippen molar-refractivity contribution in [1.82, 2.24) is 10.2 Å². The van der Waals surface area contributed by atoms with E-state index in [2.05, 4.69) is 27.5 Å². The van der Waals surface area contributed by atoms with E-state index in [1.54, 1.807) is 0 Å². The molecule has 1 fully saturated rings. The molecule has 1 saturated heterocycles. The third-order valence-electron chi connectivity index (χ3n) is 5.02. The maximum Gasteiger partial charge on any atom is 0.233 e. The Morgan fingerprint density at radius 1 is 0.929 bits per heavy atom. The first-order valence-electron chi connectivity index (χ1n) is 9.69. The summed E-state index contributed by atoms with van der Waals surface area (Å²) in [4.78, 5) is 29.0. The molecule has 3 rings (SSSR count). The topological polar surface area (TPSA) is 64.7 Å². The van der Waals surface area contributed by atoms with Crippen LogP contribution in [-0.2, 0) is 9.59 Å². The number of nitrogens with one attached hydrogen (secondary N) is 2. The number of nitrogens with zero attached hydrogens (tertiary/aromatic N) is 2. The molecule has 6 heteroatoms. The highest BCUT2D eigenvalue weighted by Crippen LogP contribution is 2.19. The lowest BCUT2D eigenvalue weighted by molar-refractivity contribution is -0.127. The van der Waals surface area contributed by atoms with Crippen LogP contribution in [-0.4, -0.2) is 49.9 Å². The molecule has 6 nitrogen and oxygen atoms in total. The fourth-order valence-corrected chi connectivity index (χ4v) is 3.29. The number of carbonyl (C=O) groups is 2. The van der Waals surface area contributed by atoms with Crippen LogP contribution in [0.15, 0.2) is 54.6 Å². The number of hydrogen-bond donors (Lipinski definition) is 2. The summed E-state index contributed by atoms with van der Waals surface area (Å²) >= 11 is 0. The van der Waals surface area contributed by atoms with Crippen molar-refractivity contribution in [3.05, 3.63) is 60.2 Å². The average Bonchev–Trinajstić information content (AvgIpc) is 2.69. The number of hydrogen-bond acceptors (Lipinski definition) is 4. The van der Waals surface area contributed by atoms with Crippen LogP contribution >= 0.6 is 0 Å². The minimum atomic E-state index is -0.315. The van der Waals surface area contributed by atoms with Crippen molar-refractivity contribution >= 4 is 23.2 Å². The number of carbonyl (C=O) groups excluding carboxylic acids is 2. The monoisotopic (exact) mass is 380 g/mol. The summed E-state index contributed by atoms with van der Waals surface area (Å²) < 4.78 is 0. The molecule has 1 aliphatic heterocycles. The van der Waals surface area contributed by atoms with Crippen LogP contribution in [0.4, 0.5) is 11.4 Å². The highest BCUT2D eigenvalue weighted by Gasteiger charge is 2.15. The van der Waals surface area contributed by atoms with Gasteiger partial charge in [0.2, 0.25) is 11.8 Å². The van der Waals surface area contributed by atoms with Crippen LogP contribution in [0.3, 0.4) is 0 Å². The fraction of sp³-hybridized carbons (Fsp3) is 0.364. The van der Waals surface area contributed by atoms with Gasteiger partial charge in [0, 0.05) is 37.6 Å². The first-order valence-corrected chi connectivity index (χ1v) is 9.69. The van der Waals surface area contributed by atoms with Crippen LogP contribution in [0.5, 0.6) is 0 Å². The number of benzene rings is 2. The second-order valence-corrected chi connectivity index (χ2v) is 7.26. The Morgan fingerprint density at radius 3 is 2.21 bits per heavy atom. The van der Waals surface area contributed by atoms with Gasteiger partial charge in [0.25, 0.3) is 0 Å². The molecule has 0 saturated carbocycles. The van der Waals surface area contributed by atoms with Crippen molar-refractivity contribution in [3.63, 3.8) is 0 Å². The molecule has 2 N–H and O–H groups in total. The predicted molar refractivity (Wildman–Crippen MR) is 112 cm³/mol. The lowest BCUT2D eigenvalue weighted by atomic mass is 10.1. The molecule has 2 aromatic rings. The minimum Gasteiger partial charge on any atom is -0.369 e. The molecule has 0 aromatic heterocycles. The van der Waals surface area contributed by atoms with E-state index in [9.17, 15) is 9.59 Å². The van der Waals surface area contributed by atoms with Gasteiger partial charge in [0.05, 0.1) is 6.04 Å². The third-order valence-corrected chi connectivity index (χ3v) is 5.02. The van der Waals surface area contributed by atoms with Crippen LogP contribution in [0, 0.1) is 0 Å². The van der Waals surface area contributed by atoms with Gasteiger partial charge in [-0.1, -0.05) is 30.3 Å². The maximum atomic E-state index is 12.2. The zero-order valence-electron chi connectivity index (χ0n) is 16.5. The maximum absolute atomic E-state index is 12.2. The van der Waals surface area contributed by atoms with Crippen molar-refractivity contribution in [3.8, 4) is 0 Å². The molecule has 0 bridgehead atoms. The van der Waals surface area contributed by atoms with Gasteiger partial charge in [-0.3, -0.25) is 9.59 Å². The molecular formula is C22H28N4O2. The van der Waals surface area contributed by atoms with Gasteiger partial charge in [0.1, 0.15) is 6.42 Å². The predicted octanol–water partition coefficient (Wildman–Crippen LogP) is 2.64. The molecule has 1 heterocycles. The van der Waals surface area contributed by atoms with E-state index in [-0.39, 0.29) is 24.3 Å². The van der Waals surface area contributed by atoms with Gasteiger partial charge in [-0.2, -0.15) is 0 Å². The first-order chi connectivity index (χ1) is 13.5. The zero-order chi connectivity index (χ0) is 19.9. The molecule has 1 atom stereocenters. The molecular weight excluding hydrogens is 352 g/mol. The van der Waals surface area contributed by atoms with Crippen molar-refractivity contribution in [2.45, 2.75) is 19.4 Å². The largest absolute Gasteiger partial charge is 0.369 e. The van der Waals surface area contributed by atoms with Gasteiger partial charge in [0.15, 0.2) is 0 Å². The second-order valence-electron chi connectivity index (χ2n) is 7.26. The number of rotatable bonds is 6. The van der Waals surface area contributed by atoms with E-state index >= 15 is 0 Å². The van der Waals surface area contributed by atoms with Crippen LogP contribution in [0.2, 0.25) is 0 Å². The van der Waals surface area contributed by atoms with Gasteiger partial charge in [-0.05, 0) is 43.8 Å². The molecule has 1 unspecified atom stereocenters. The first kappa shape index (κ1) is 19.9. The molecule has 28 heavy (non-hydrogen) atoms. The molecule has 148 valence electrons. The average molecular weight is 380 g/mol. The van der Waals surface area contributed by atoms with E-state index < -0.39 is 0 Å². The Balaban J connectivity index is 1.47. The summed E-state index contributed by atoms with van der Waals surface area (Å²) in [5.41, 5.74) is 2.86. The van der Waals surface area contributed by atoms with Crippen LogP contribution < -0.4 is 15.5 Å². The standard InChI is InChI=1S/C22H28N4O2/c1-17(18-6-4-3-5-7-18)23-21(27)16-22(28)24-19-8-10-20(11-9-19)26-14-12-25(2)13-15-26/h3-11,17H,12-16H2,1-2H3,(H,23,27)(H,24,28). The van der Waals surface area contributed by atoms with Crippen LogP contribution in [0.25, 0.3) is 0 Å². The van der Waals surface area contributed by atoms with Crippen molar-refractivity contribution in [1.29, 1.82) is 0 Å². The quantitative estimate of drug-likeness (QED) is 0.757. The van der Waals surface area contributed by atoms with Crippen molar-refractivity contribution < 1.29 is 9.59 Å². The van der Waals surface area contributed by atoms with Crippen LogP contribution in [0.1, 0.15) is 24.9 Å². The Bertz CT molecular complexity index is 784. The highest BCUT2D eigenvalue weighted by molar-refractivity contribution is 6.03. The van der Waals surface area contributed by atoms with E-state index in [1.807, 2.05) is 61.5 Å².